The number of aromatic nitrogens is 1. The highest BCUT2D eigenvalue weighted by atomic mass is 35.5. The molecule has 0 atom stereocenters. The molecule has 0 amide bonds. The third kappa shape index (κ3) is 3.66. The van der Waals surface area contributed by atoms with E-state index in [0.717, 1.165) is 0 Å². The fourth-order valence-electron chi connectivity index (χ4n) is 2.68. The van der Waals surface area contributed by atoms with Crippen LogP contribution in [-0.2, 0) is 6.61 Å². The molecule has 0 aliphatic rings. The number of nitrogens with one attached hydrogen (secondary N) is 1. The van der Waals surface area contributed by atoms with E-state index < -0.39 is 5.56 Å². The smallest absolute Gasteiger partial charge is 0.268 e. The lowest BCUT2D eigenvalue weighted by Crippen LogP contribution is -2.16. The van der Waals surface area contributed by atoms with Gasteiger partial charge in [0, 0.05) is 16.1 Å². The van der Waals surface area contributed by atoms with E-state index in [4.69, 9.17) is 22.1 Å². The molecular formula is C20H12ClFN4O2. The van der Waals surface area contributed by atoms with Crippen molar-refractivity contribution in [3.05, 3.63) is 80.3 Å². The predicted octanol–water partition coefficient (Wildman–Crippen LogP) is 3.74. The lowest BCUT2D eigenvalue weighted by Gasteiger charge is -2.15. The number of nitrogens with two attached hydrogens (primary N) is 1. The fraction of sp³-hybridized carbons (Fsp3) is 0.0500. The summed E-state index contributed by atoms with van der Waals surface area (Å²) < 4.78 is 18.9. The van der Waals surface area contributed by atoms with Crippen molar-refractivity contribution in [3.63, 3.8) is 0 Å². The van der Waals surface area contributed by atoms with Gasteiger partial charge in [-0.25, -0.2) is 4.39 Å². The van der Waals surface area contributed by atoms with Crippen LogP contribution in [0.2, 0.25) is 5.02 Å². The van der Waals surface area contributed by atoms with E-state index >= 15 is 0 Å². The molecule has 1 aromatic heterocycles. The molecule has 3 aromatic rings. The topological polar surface area (TPSA) is 116 Å². The first-order valence-corrected chi connectivity index (χ1v) is 8.35. The van der Waals surface area contributed by atoms with Crippen molar-refractivity contribution in [1.29, 1.82) is 10.5 Å². The highest BCUT2D eigenvalue weighted by molar-refractivity contribution is 6.31. The number of hydrogen-bond acceptors (Lipinski definition) is 5. The Labute approximate surface area is 164 Å². The number of H-pyrrole nitrogens is 1. The van der Waals surface area contributed by atoms with E-state index in [0.29, 0.717) is 10.6 Å². The lowest BCUT2D eigenvalue weighted by atomic mass is 9.96. The molecule has 28 heavy (non-hydrogen) atoms. The third-order valence-electron chi connectivity index (χ3n) is 3.99. The zero-order chi connectivity index (χ0) is 20.3. The van der Waals surface area contributed by atoms with Crippen molar-refractivity contribution in [2.24, 2.45) is 0 Å². The molecule has 8 heteroatoms. The molecule has 3 N–H and O–H groups in total. The molecule has 0 unspecified atom stereocenters. The van der Waals surface area contributed by atoms with Crippen molar-refractivity contribution in [2.75, 3.05) is 5.73 Å². The SMILES string of the molecule is N#Cc1c(N)[nH]c(=O)c(C#N)c1-c1cc(Cl)ccc1OCc1ccc(F)cc1. The van der Waals surface area contributed by atoms with Crippen molar-refractivity contribution in [1.82, 2.24) is 4.98 Å². The van der Waals surface area contributed by atoms with Gasteiger partial charge in [-0.05, 0) is 35.9 Å². The van der Waals surface area contributed by atoms with Gasteiger partial charge >= 0.3 is 0 Å². The van der Waals surface area contributed by atoms with Crippen LogP contribution in [0.1, 0.15) is 16.7 Å². The zero-order valence-electron chi connectivity index (χ0n) is 14.3. The van der Waals surface area contributed by atoms with E-state index in [1.165, 1.54) is 18.2 Å². The van der Waals surface area contributed by atoms with Gasteiger partial charge in [-0.3, -0.25) is 4.79 Å². The van der Waals surface area contributed by atoms with Crippen molar-refractivity contribution < 1.29 is 9.13 Å². The summed E-state index contributed by atoms with van der Waals surface area (Å²) in [5, 5.41) is 19.2. The van der Waals surface area contributed by atoms with E-state index in [9.17, 15) is 19.7 Å². The first-order chi connectivity index (χ1) is 13.4. The predicted molar refractivity (Wildman–Crippen MR) is 102 cm³/mol. The second-order valence-corrected chi connectivity index (χ2v) is 6.21. The maximum atomic E-state index is 13.1. The number of anilines is 1. The Kier molecular flexibility index (Phi) is 5.30. The second kappa shape index (κ2) is 7.83. The van der Waals surface area contributed by atoms with Gasteiger partial charge in [0.05, 0.1) is 0 Å². The number of benzene rings is 2. The van der Waals surface area contributed by atoms with Crippen LogP contribution in [0.3, 0.4) is 0 Å². The zero-order valence-corrected chi connectivity index (χ0v) is 15.0. The molecule has 0 spiro atoms. The number of rotatable bonds is 4. The number of nitrogen functional groups attached to an aromatic ring is 1. The molecule has 0 saturated heterocycles. The van der Waals surface area contributed by atoms with Gasteiger partial charge in [0.1, 0.15) is 47.3 Å². The summed E-state index contributed by atoms with van der Waals surface area (Å²) in [7, 11) is 0. The highest BCUT2D eigenvalue weighted by Gasteiger charge is 2.21. The van der Waals surface area contributed by atoms with Gasteiger partial charge in [-0.2, -0.15) is 10.5 Å². The largest absolute Gasteiger partial charge is 0.488 e. The number of halogens is 2. The third-order valence-corrected chi connectivity index (χ3v) is 4.22. The molecule has 2 aromatic carbocycles. The summed E-state index contributed by atoms with van der Waals surface area (Å²) in [6, 6.07) is 14.1. The Bertz CT molecular complexity index is 1190. The second-order valence-electron chi connectivity index (χ2n) is 5.77. The summed E-state index contributed by atoms with van der Waals surface area (Å²) in [6.45, 7) is 0.0946. The Morgan fingerprint density at radius 3 is 2.43 bits per heavy atom. The molecule has 0 aliphatic heterocycles. The summed E-state index contributed by atoms with van der Waals surface area (Å²) in [5.41, 5.74) is 5.72. The normalized spacial score (nSPS) is 10.1. The van der Waals surface area contributed by atoms with Crippen LogP contribution < -0.4 is 16.0 Å². The van der Waals surface area contributed by atoms with Crippen molar-refractivity contribution in [2.45, 2.75) is 6.61 Å². The summed E-state index contributed by atoms with van der Waals surface area (Å²) >= 11 is 6.09. The number of pyridine rings is 1. The molecule has 0 radical (unpaired) electrons. The quantitative estimate of drug-likeness (QED) is 0.699. The Balaban J connectivity index is 2.15. The minimum atomic E-state index is -0.724. The molecular weight excluding hydrogens is 383 g/mol. The van der Waals surface area contributed by atoms with Gasteiger partial charge in [-0.15, -0.1) is 0 Å². The monoisotopic (exact) mass is 394 g/mol. The maximum Gasteiger partial charge on any atom is 0.268 e. The van der Waals surface area contributed by atoms with Gasteiger partial charge in [0.15, 0.2) is 0 Å². The van der Waals surface area contributed by atoms with Crippen LogP contribution in [0, 0.1) is 28.5 Å². The van der Waals surface area contributed by atoms with Gasteiger partial charge in [0.2, 0.25) is 0 Å². The number of aromatic amines is 1. The van der Waals surface area contributed by atoms with E-state index in [1.54, 1.807) is 30.3 Å². The number of nitriles is 2. The van der Waals surface area contributed by atoms with Crippen molar-refractivity contribution >= 4 is 17.4 Å². The summed E-state index contributed by atoms with van der Waals surface area (Å²) in [5.74, 6) is -0.245. The Hall–Kier alpha value is -3.81. The maximum absolute atomic E-state index is 13.1. The highest BCUT2D eigenvalue weighted by Crippen LogP contribution is 2.37. The average Bonchev–Trinajstić information content (AvgIpc) is 2.67. The molecule has 6 nitrogen and oxygen atoms in total. The van der Waals surface area contributed by atoms with Gasteiger partial charge < -0.3 is 15.5 Å². The average molecular weight is 395 g/mol. The van der Waals surface area contributed by atoms with Crippen LogP contribution in [0.25, 0.3) is 11.1 Å². The number of hydrogen-bond donors (Lipinski definition) is 2. The van der Waals surface area contributed by atoms with Crippen molar-refractivity contribution in [3.8, 4) is 29.0 Å². The van der Waals surface area contributed by atoms with Gasteiger partial charge in [-0.1, -0.05) is 23.7 Å². The molecule has 0 aliphatic carbocycles. The lowest BCUT2D eigenvalue weighted by molar-refractivity contribution is 0.307. The minimum absolute atomic E-state index is 0.0443. The molecule has 0 bridgehead atoms. The Morgan fingerprint density at radius 2 is 1.79 bits per heavy atom. The van der Waals surface area contributed by atoms with Crippen LogP contribution in [-0.4, -0.2) is 4.98 Å². The first kappa shape index (κ1) is 19.0. The molecule has 3 rings (SSSR count). The molecule has 138 valence electrons. The molecule has 0 saturated carbocycles. The molecule has 1 heterocycles. The number of ether oxygens (including phenoxy) is 1. The van der Waals surface area contributed by atoms with E-state index in [1.807, 2.05) is 6.07 Å². The standard InChI is InChI=1S/C20H12ClFN4O2/c21-12-3-6-17(28-10-11-1-4-13(22)5-2-11)14(7-12)18-15(8-23)19(25)26-20(27)16(18)9-24/h1-7H,10H2,(H3,25,26,27). The van der Waals surface area contributed by atoms with Crippen LogP contribution >= 0.6 is 11.6 Å². The first-order valence-electron chi connectivity index (χ1n) is 7.97. The minimum Gasteiger partial charge on any atom is -0.488 e. The van der Waals surface area contributed by atoms with Gasteiger partial charge in [0.25, 0.3) is 5.56 Å². The van der Waals surface area contributed by atoms with Crippen LogP contribution in [0.5, 0.6) is 5.75 Å². The fourth-order valence-corrected chi connectivity index (χ4v) is 2.85. The Morgan fingerprint density at radius 1 is 1.11 bits per heavy atom. The number of nitrogens with zero attached hydrogens (tertiary/aromatic N) is 2. The summed E-state index contributed by atoms with van der Waals surface area (Å²) in [4.78, 5) is 14.4. The van der Waals surface area contributed by atoms with E-state index in [2.05, 4.69) is 4.98 Å². The van der Waals surface area contributed by atoms with E-state index in [-0.39, 0.29) is 46.2 Å². The van der Waals surface area contributed by atoms with Crippen LogP contribution in [0.4, 0.5) is 10.2 Å². The van der Waals surface area contributed by atoms with Crippen LogP contribution in [0.15, 0.2) is 47.3 Å². The summed E-state index contributed by atoms with van der Waals surface area (Å²) in [6.07, 6.45) is 0. The molecule has 0 fully saturated rings.